The average molecular weight is 271 g/mol. The zero-order valence-electron chi connectivity index (χ0n) is 10.1. The second-order valence-electron chi connectivity index (χ2n) is 5.02. The monoisotopic (exact) mass is 270 g/mol. The number of fused-ring (bicyclic) bond motifs is 2. The molecule has 3 aliphatic rings. The van der Waals surface area contributed by atoms with Crippen LogP contribution < -0.4 is 10.2 Å². The summed E-state index contributed by atoms with van der Waals surface area (Å²) in [6.45, 7) is 1.01. The van der Waals surface area contributed by atoms with E-state index in [2.05, 4.69) is 21.3 Å². The maximum Gasteiger partial charge on any atom is 0.132 e. The summed E-state index contributed by atoms with van der Waals surface area (Å²) in [7, 11) is 0. The first kappa shape index (κ1) is 11.0. The van der Waals surface area contributed by atoms with Crippen molar-refractivity contribution in [2.24, 2.45) is 0 Å². The van der Waals surface area contributed by atoms with Crippen LogP contribution in [-0.2, 0) is 0 Å². The maximum atomic E-state index is 9.32. The third kappa shape index (κ3) is 1.52. The third-order valence-corrected chi connectivity index (χ3v) is 4.19. The molecule has 0 aliphatic carbocycles. The molecule has 4 heterocycles. The van der Waals surface area contributed by atoms with Crippen LogP contribution in [-0.4, -0.2) is 23.7 Å². The number of benzene rings is 1. The molecule has 1 aromatic heterocycles. The van der Waals surface area contributed by atoms with Gasteiger partial charge in [0.1, 0.15) is 5.82 Å². The van der Waals surface area contributed by atoms with E-state index in [9.17, 15) is 5.26 Å². The Morgan fingerprint density at radius 3 is 3.00 bits per heavy atom. The van der Waals surface area contributed by atoms with Gasteiger partial charge >= 0.3 is 0 Å². The number of aromatic nitrogens is 1. The molecule has 5 rings (SSSR count). The molecule has 5 heteroatoms. The first-order valence-electron chi connectivity index (χ1n) is 6.28. The first-order chi connectivity index (χ1) is 9.26. The number of rotatable bonds is 1. The van der Waals surface area contributed by atoms with Gasteiger partial charge in [-0.3, -0.25) is 5.32 Å². The molecule has 0 saturated carbocycles. The number of anilines is 1. The maximum absolute atomic E-state index is 9.32. The summed E-state index contributed by atoms with van der Waals surface area (Å²) in [5.41, 5.74) is 1.46. The van der Waals surface area contributed by atoms with Crippen molar-refractivity contribution in [1.29, 1.82) is 5.26 Å². The zero-order chi connectivity index (χ0) is 13.0. The van der Waals surface area contributed by atoms with Gasteiger partial charge < -0.3 is 4.90 Å². The van der Waals surface area contributed by atoms with Crippen molar-refractivity contribution in [2.45, 2.75) is 18.6 Å². The van der Waals surface area contributed by atoms with Gasteiger partial charge in [-0.25, -0.2) is 4.98 Å². The molecule has 4 nitrogen and oxygen atoms in total. The molecule has 2 atom stereocenters. The lowest BCUT2D eigenvalue weighted by atomic mass is 10.0. The molecule has 2 bridgehead atoms. The van der Waals surface area contributed by atoms with Crippen LogP contribution in [0.25, 0.3) is 10.9 Å². The van der Waals surface area contributed by atoms with Gasteiger partial charge in [0.05, 0.1) is 23.3 Å². The summed E-state index contributed by atoms with van der Waals surface area (Å²) in [5, 5.41) is 14.2. The van der Waals surface area contributed by atoms with Crippen LogP contribution in [0.15, 0.2) is 24.3 Å². The predicted octanol–water partition coefficient (Wildman–Crippen LogP) is 2.27. The summed E-state index contributed by atoms with van der Waals surface area (Å²) < 4.78 is 0. The quantitative estimate of drug-likeness (QED) is 0.864. The Balaban J connectivity index is 1.90. The van der Waals surface area contributed by atoms with Gasteiger partial charge in [-0.15, -0.1) is 0 Å². The summed E-state index contributed by atoms with van der Waals surface area (Å²) in [4.78, 5) is 6.92. The van der Waals surface area contributed by atoms with Crippen LogP contribution in [0.3, 0.4) is 0 Å². The van der Waals surface area contributed by atoms with Crippen LogP contribution >= 0.6 is 11.6 Å². The van der Waals surface area contributed by atoms with Gasteiger partial charge in [-0.1, -0.05) is 11.6 Å². The van der Waals surface area contributed by atoms with Gasteiger partial charge in [-0.2, -0.15) is 5.26 Å². The molecule has 2 aromatic rings. The lowest BCUT2D eigenvalue weighted by Gasteiger charge is -2.40. The van der Waals surface area contributed by atoms with Crippen molar-refractivity contribution in [3.8, 4) is 6.07 Å². The Morgan fingerprint density at radius 2 is 2.32 bits per heavy atom. The zero-order valence-corrected chi connectivity index (χ0v) is 10.9. The van der Waals surface area contributed by atoms with Crippen molar-refractivity contribution in [2.75, 3.05) is 11.4 Å². The van der Waals surface area contributed by atoms with E-state index in [0.29, 0.717) is 22.8 Å². The SMILES string of the molecule is N#Cc1cc(N2C3CNC2C3)nc2ccc(Cl)cc12. The topological polar surface area (TPSA) is 52.0 Å². The van der Waals surface area contributed by atoms with Gasteiger partial charge in [0.25, 0.3) is 0 Å². The van der Waals surface area contributed by atoms with E-state index in [0.717, 1.165) is 23.3 Å². The highest BCUT2D eigenvalue weighted by molar-refractivity contribution is 6.31. The second kappa shape index (κ2) is 3.83. The van der Waals surface area contributed by atoms with Crippen molar-refractivity contribution in [3.63, 3.8) is 0 Å². The predicted molar refractivity (Wildman–Crippen MR) is 74.1 cm³/mol. The molecular formula is C14H11ClN4. The van der Waals surface area contributed by atoms with Crippen LogP contribution in [0, 0.1) is 11.3 Å². The fourth-order valence-corrected chi connectivity index (χ4v) is 3.16. The van der Waals surface area contributed by atoms with E-state index < -0.39 is 0 Å². The number of pyridine rings is 1. The highest BCUT2D eigenvalue weighted by atomic mass is 35.5. The average Bonchev–Trinajstić information content (AvgIpc) is 3.01. The molecular weight excluding hydrogens is 260 g/mol. The molecule has 3 saturated heterocycles. The molecule has 19 heavy (non-hydrogen) atoms. The third-order valence-electron chi connectivity index (χ3n) is 3.96. The molecule has 0 amide bonds. The lowest BCUT2D eigenvalue weighted by Crippen LogP contribution is -2.51. The normalized spacial score (nSPS) is 24.3. The smallest absolute Gasteiger partial charge is 0.132 e. The Bertz CT molecular complexity index is 707. The number of nitrogens with one attached hydrogen (secondary N) is 1. The Morgan fingerprint density at radius 1 is 1.42 bits per heavy atom. The molecule has 3 aliphatic heterocycles. The van der Waals surface area contributed by atoms with Crippen LogP contribution in [0.2, 0.25) is 5.02 Å². The van der Waals surface area contributed by atoms with Crippen molar-refractivity contribution < 1.29 is 0 Å². The van der Waals surface area contributed by atoms with Crippen LogP contribution in [0.5, 0.6) is 0 Å². The number of nitriles is 1. The minimum atomic E-state index is 0.383. The van der Waals surface area contributed by atoms with Gasteiger partial charge in [0.2, 0.25) is 0 Å². The minimum absolute atomic E-state index is 0.383. The fourth-order valence-electron chi connectivity index (χ4n) is 2.99. The molecule has 0 radical (unpaired) electrons. The molecule has 3 fully saturated rings. The number of hydrogen-bond acceptors (Lipinski definition) is 4. The second-order valence-corrected chi connectivity index (χ2v) is 5.46. The van der Waals surface area contributed by atoms with Crippen molar-refractivity contribution in [3.05, 3.63) is 34.9 Å². The minimum Gasteiger partial charge on any atom is -0.337 e. The van der Waals surface area contributed by atoms with E-state index in [1.807, 2.05) is 18.2 Å². The highest BCUT2D eigenvalue weighted by Crippen LogP contribution is 2.36. The number of hydrogen-bond donors (Lipinski definition) is 1. The molecule has 1 N–H and O–H groups in total. The number of halogens is 1. The van der Waals surface area contributed by atoms with E-state index in [4.69, 9.17) is 11.6 Å². The molecule has 1 aromatic carbocycles. The number of nitrogens with zero attached hydrogens (tertiary/aromatic N) is 3. The Hall–Kier alpha value is -1.83. The molecule has 0 spiro atoms. The van der Waals surface area contributed by atoms with Crippen LogP contribution in [0.1, 0.15) is 12.0 Å². The standard InChI is InChI=1S/C14H11ClN4/c15-9-1-2-12-11(4-9)8(6-16)3-14(18-12)19-10-5-13(19)17-7-10/h1-4,10,13,17H,5,7H2. The first-order valence-corrected chi connectivity index (χ1v) is 6.66. The van der Waals surface area contributed by atoms with Gasteiger partial charge in [-0.05, 0) is 24.3 Å². The van der Waals surface area contributed by atoms with Crippen LogP contribution in [0.4, 0.5) is 5.82 Å². The van der Waals surface area contributed by atoms with Gasteiger partial charge in [0.15, 0.2) is 0 Å². The Labute approximate surface area is 115 Å². The highest BCUT2D eigenvalue weighted by Gasteiger charge is 2.45. The summed E-state index contributed by atoms with van der Waals surface area (Å²) >= 11 is 5.99. The molecule has 2 unspecified atom stereocenters. The van der Waals surface area contributed by atoms with E-state index in [1.165, 1.54) is 6.42 Å². The van der Waals surface area contributed by atoms with E-state index in [1.54, 1.807) is 6.07 Å². The van der Waals surface area contributed by atoms with Crippen molar-refractivity contribution >= 4 is 28.3 Å². The summed E-state index contributed by atoms with van der Waals surface area (Å²) in [5.74, 6) is 0.887. The molecule has 94 valence electrons. The largest absolute Gasteiger partial charge is 0.337 e. The lowest BCUT2D eigenvalue weighted by molar-refractivity contribution is 0.438. The van der Waals surface area contributed by atoms with Crippen molar-refractivity contribution in [1.82, 2.24) is 10.3 Å². The summed E-state index contributed by atoms with van der Waals surface area (Å²) in [6, 6.07) is 10.1. The van der Waals surface area contributed by atoms with E-state index in [-0.39, 0.29) is 0 Å². The van der Waals surface area contributed by atoms with Gasteiger partial charge in [0, 0.05) is 29.4 Å². The van der Waals surface area contributed by atoms with E-state index >= 15 is 0 Å². The summed E-state index contributed by atoms with van der Waals surface area (Å²) in [6.07, 6.45) is 1.55. The Kier molecular flexibility index (Phi) is 2.22. The fraction of sp³-hybridized carbons (Fsp3) is 0.286.